The van der Waals surface area contributed by atoms with E-state index in [1.54, 1.807) is 31.4 Å². The lowest BCUT2D eigenvalue weighted by molar-refractivity contribution is 0.179. The number of nitrogens with zero attached hydrogens (tertiary/aromatic N) is 3. The van der Waals surface area contributed by atoms with Crippen LogP contribution in [0, 0.1) is 6.92 Å². The van der Waals surface area contributed by atoms with Crippen molar-refractivity contribution in [1.82, 2.24) is 24.8 Å². The summed E-state index contributed by atoms with van der Waals surface area (Å²) in [7, 11) is 7.70. The molecule has 0 saturated carbocycles. The van der Waals surface area contributed by atoms with E-state index in [2.05, 4.69) is 16.0 Å². The summed E-state index contributed by atoms with van der Waals surface area (Å²) in [4.78, 5) is 43.8. The van der Waals surface area contributed by atoms with Gasteiger partial charge >= 0.3 is 0 Å². The Bertz CT molecular complexity index is 1840. The van der Waals surface area contributed by atoms with Crippen molar-refractivity contribution in [3.63, 3.8) is 0 Å². The fraction of sp³-hybridized carbons (Fsp3) is 0.312. The Hall–Kier alpha value is -5.10. The van der Waals surface area contributed by atoms with E-state index in [1.165, 1.54) is 28.4 Å². The van der Waals surface area contributed by atoms with E-state index < -0.39 is 0 Å². The Kier molecular flexibility index (Phi) is 8.72. The summed E-state index contributed by atoms with van der Waals surface area (Å²) in [6.07, 6.45) is 0. The van der Waals surface area contributed by atoms with E-state index in [1.807, 2.05) is 30.9 Å². The van der Waals surface area contributed by atoms with Crippen LogP contribution in [0.25, 0.3) is 21.8 Å². The number of rotatable bonds is 11. The third kappa shape index (κ3) is 5.88. The van der Waals surface area contributed by atoms with Crippen LogP contribution in [0.4, 0.5) is 0 Å². The highest BCUT2D eigenvalue weighted by Crippen LogP contribution is 2.34. The van der Waals surface area contributed by atoms with E-state index in [0.717, 1.165) is 11.1 Å². The van der Waals surface area contributed by atoms with E-state index in [4.69, 9.17) is 33.7 Å². The molecule has 2 aromatic heterocycles. The van der Waals surface area contributed by atoms with Gasteiger partial charge in [0.15, 0.2) is 23.0 Å². The standard InChI is InChI=1S/C32H35N5O7/c1-17-8-9-24(40-3)19(10-17)18(2)37(15-29-33-22-13-27(43-6)25(41-4)11-20(22)31(38)35-29)16-30-34-23-14-28(44-7)26(42-5)12-21(23)32(39)36-30/h8-14,18H,15-16H2,1-7H3,(H,33,35,38)(H,34,36,39). The summed E-state index contributed by atoms with van der Waals surface area (Å²) in [5.74, 6) is 3.34. The molecule has 0 saturated heterocycles. The second kappa shape index (κ2) is 12.6. The largest absolute Gasteiger partial charge is 0.496 e. The minimum Gasteiger partial charge on any atom is -0.496 e. The van der Waals surface area contributed by atoms with Gasteiger partial charge in [-0.25, -0.2) is 9.97 Å². The molecule has 5 rings (SSSR count). The Morgan fingerprint density at radius 1 is 0.659 bits per heavy atom. The summed E-state index contributed by atoms with van der Waals surface area (Å²) in [5, 5.41) is 0.743. The van der Waals surface area contributed by atoms with Gasteiger partial charge in [-0.3, -0.25) is 14.5 Å². The summed E-state index contributed by atoms with van der Waals surface area (Å²) < 4.78 is 27.3. The van der Waals surface area contributed by atoms with Gasteiger partial charge in [0.2, 0.25) is 0 Å². The van der Waals surface area contributed by atoms with Crippen LogP contribution in [0.15, 0.2) is 52.1 Å². The molecule has 230 valence electrons. The Morgan fingerprint density at radius 3 is 1.52 bits per heavy atom. The van der Waals surface area contributed by atoms with Gasteiger partial charge in [0.25, 0.3) is 11.1 Å². The van der Waals surface area contributed by atoms with E-state index >= 15 is 0 Å². The minimum absolute atomic E-state index is 0.214. The topological polar surface area (TPSA) is 141 Å². The van der Waals surface area contributed by atoms with Gasteiger partial charge in [-0.15, -0.1) is 0 Å². The molecule has 12 nitrogen and oxygen atoms in total. The lowest BCUT2D eigenvalue weighted by Crippen LogP contribution is -2.30. The zero-order chi connectivity index (χ0) is 31.5. The van der Waals surface area contributed by atoms with Gasteiger partial charge in [0, 0.05) is 23.7 Å². The molecule has 1 atom stereocenters. The normalized spacial score (nSPS) is 12.0. The Morgan fingerprint density at radius 2 is 1.09 bits per heavy atom. The van der Waals surface area contributed by atoms with Crippen LogP contribution in [-0.4, -0.2) is 60.4 Å². The predicted octanol–water partition coefficient (Wildman–Crippen LogP) is 4.27. The monoisotopic (exact) mass is 601 g/mol. The van der Waals surface area contributed by atoms with Gasteiger partial charge in [0.1, 0.15) is 17.4 Å². The molecule has 0 fully saturated rings. The highest BCUT2D eigenvalue weighted by Gasteiger charge is 2.23. The number of aryl methyl sites for hydroxylation is 1. The van der Waals surface area contributed by atoms with Crippen molar-refractivity contribution < 1.29 is 23.7 Å². The van der Waals surface area contributed by atoms with Gasteiger partial charge in [0.05, 0.1) is 70.4 Å². The summed E-state index contributed by atoms with van der Waals surface area (Å²) in [6, 6.07) is 12.3. The van der Waals surface area contributed by atoms with Crippen molar-refractivity contribution in [3.05, 3.63) is 85.9 Å². The van der Waals surface area contributed by atoms with Gasteiger partial charge in [-0.05, 0) is 32.0 Å². The lowest BCUT2D eigenvalue weighted by atomic mass is 10.0. The first-order valence-electron chi connectivity index (χ1n) is 13.9. The number of aromatic amines is 2. The molecule has 5 aromatic rings. The minimum atomic E-state index is -0.315. The number of hydrogen-bond donors (Lipinski definition) is 2. The van der Waals surface area contributed by atoms with Crippen molar-refractivity contribution >= 4 is 21.8 Å². The fourth-order valence-corrected chi connectivity index (χ4v) is 5.27. The Balaban J connectivity index is 1.61. The molecule has 0 aliphatic rings. The van der Waals surface area contributed by atoms with Crippen molar-refractivity contribution in [2.75, 3.05) is 35.5 Å². The van der Waals surface area contributed by atoms with Gasteiger partial charge in [-0.2, -0.15) is 0 Å². The van der Waals surface area contributed by atoms with Crippen LogP contribution in [0.3, 0.4) is 0 Å². The predicted molar refractivity (Wildman–Crippen MR) is 166 cm³/mol. The maximum absolute atomic E-state index is 13.2. The van der Waals surface area contributed by atoms with E-state index in [9.17, 15) is 9.59 Å². The molecule has 2 N–H and O–H groups in total. The van der Waals surface area contributed by atoms with Crippen LogP contribution in [0.2, 0.25) is 0 Å². The Labute approximate surface area is 253 Å². The third-order valence-electron chi connectivity index (χ3n) is 7.61. The average molecular weight is 602 g/mol. The van der Waals surface area contributed by atoms with Crippen molar-refractivity contribution in [2.24, 2.45) is 0 Å². The summed E-state index contributed by atoms with van der Waals surface area (Å²) in [6.45, 7) is 4.46. The number of ether oxygens (including phenoxy) is 5. The van der Waals surface area contributed by atoms with Crippen molar-refractivity contribution in [3.8, 4) is 28.7 Å². The number of H-pyrrole nitrogens is 2. The molecule has 0 radical (unpaired) electrons. The first-order valence-corrected chi connectivity index (χ1v) is 13.9. The molecule has 1 unspecified atom stereocenters. The number of hydrogen-bond acceptors (Lipinski definition) is 10. The quantitative estimate of drug-likeness (QED) is 0.225. The second-order valence-corrected chi connectivity index (χ2v) is 10.3. The van der Waals surface area contributed by atoms with Crippen LogP contribution < -0.4 is 34.8 Å². The van der Waals surface area contributed by atoms with Crippen molar-refractivity contribution in [1.29, 1.82) is 0 Å². The smallest absolute Gasteiger partial charge is 0.258 e. The molecule has 0 bridgehead atoms. The number of fused-ring (bicyclic) bond motifs is 2. The number of methoxy groups -OCH3 is 5. The molecular weight excluding hydrogens is 566 g/mol. The molecular formula is C32H35N5O7. The van der Waals surface area contributed by atoms with Gasteiger partial charge < -0.3 is 33.7 Å². The van der Waals surface area contributed by atoms with E-state index in [0.29, 0.717) is 62.2 Å². The van der Waals surface area contributed by atoms with Crippen molar-refractivity contribution in [2.45, 2.75) is 33.0 Å². The second-order valence-electron chi connectivity index (χ2n) is 10.3. The number of nitrogens with one attached hydrogen (secondary N) is 2. The molecule has 0 aliphatic carbocycles. The fourth-order valence-electron chi connectivity index (χ4n) is 5.27. The number of aromatic nitrogens is 4. The highest BCUT2D eigenvalue weighted by atomic mass is 16.5. The molecule has 12 heteroatoms. The molecule has 0 spiro atoms. The first-order chi connectivity index (χ1) is 21.2. The molecule has 44 heavy (non-hydrogen) atoms. The van der Waals surface area contributed by atoms with Crippen LogP contribution >= 0.6 is 0 Å². The molecule has 2 heterocycles. The zero-order valence-electron chi connectivity index (χ0n) is 25.7. The lowest BCUT2D eigenvalue weighted by Gasteiger charge is -2.30. The maximum atomic E-state index is 13.2. The summed E-state index contributed by atoms with van der Waals surface area (Å²) >= 11 is 0. The average Bonchev–Trinajstić information content (AvgIpc) is 3.02. The third-order valence-corrected chi connectivity index (χ3v) is 7.61. The molecule has 0 amide bonds. The molecule has 3 aromatic carbocycles. The van der Waals surface area contributed by atoms with Crippen LogP contribution in [0.1, 0.15) is 35.7 Å². The van der Waals surface area contributed by atoms with E-state index in [-0.39, 0.29) is 30.2 Å². The SMILES string of the molecule is COc1cc2nc(CN(Cc3nc4cc(OC)c(OC)cc4c(=O)[nH]3)C(C)c3cc(C)ccc3OC)[nH]c(=O)c2cc1OC. The summed E-state index contributed by atoms with van der Waals surface area (Å²) in [5.41, 5.74) is 2.27. The maximum Gasteiger partial charge on any atom is 0.258 e. The van der Waals surface area contributed by atoms with Crippen LogP contribution in [-0.2, 0) is 13.1 Å². The highest BCUT2D eigenvalue weighted by molar-refractivity contribution is 5.82. The van der Waals surface area contributed by atoms with Crippen LogP contribution in [0.5, 0.6) is 28.7 Å². The van der Waals surface area contributed by atoms with Gasteiger partial charge in [-0.1, -0.05) is 17.7 Å². The zero-order valence-corrected chi connectivity index (χ0v) is 25.7. The number of benzene rings is 3. The first kappa shape index (κ1) is 30.4. The molecule has 0 aliphatic heterocycles.